The SMILES string of the molecule is C=C[C@](C)(CC[C@H]1C(C)=CC[C@@H]2[C@@H]1C(=O)C=CC2(C)C)OCOC. The first-order valence-electron chi connectivity index (χ1n) is 8.90. The topological polar surface area (TPSA) is 35.5 Å². The maximum Gasteiger partial charge on any atom is 0.159 e. The summed E-state index contributed by atoms with van der Waals surface area (Å²) in [5.41, 5.74) is 0.989. The Morgan fingerprint density at radius 1 is 1.46 bits per heavy atom. The minimum atomic E-state index is -0.424. The average molecular weight is 332 g/mol. The smallest absolute Gasteiger partial charge is 0.159 e. The van der Waals surface area contributed by atoms with E-state index in [1.165, 1.54) is 5.57 Å². The third kappa shape index (κ3) is 3.89. The summed E-state index contributed by atoms with van der Waals surface area (Å²) in [6.07, 6.45) is 10.8. The number of hydrogen-bond donors (Lipinski definition) is 0. The van der Waals surface area contributed by atoms with Crippen LogP contribution in [-0.4, -0.2) is 25.3 Å². The first-order chi connectivity index (χ1) is 11.2. The average Bonchev–Trinajstić information content (AvgIpc) is 2.55. The van der Waals surface area contributed by atoms with Crippen LogP contribution in [0.4, 0.5) is 0 Å². The van der Waals surface area contributed by atoms with Gasteiger partial charge < -0.3 is 9.47 Å². The first-order valence-corrected chi connectivity index (χ1v) is 8.90. The molecule has 2 aliphatic rings. The monoisotopic (exact) mass is 332 g/mol. The second-order valence-corrected chi connectivity index (χ2v) is 8.09. The van der Waals surface area contributed by atoms with E-state index in [2.05, 4.69) is 39.5 Å². The van der Waals surface area contributed by atoms with Gasteiger partial charge in [-0.05, 0) is 56.4 Å². The lowest BCUT2D eigenvalue weighted by atomic mass is 9.57. The minimum Gasteiger partial charge on any atom is -0.359 e. The lowest BCUT2D eigenvalue weighted by Crippen LogP contribution is -2.43. The maximum atomic E-state index is 12.7. The van der Waals surface area contributed by atoms with Crippen molar-refractivity contribution in [1.82, 2.24) is 0 Å². The van der Waals surface area contributed by atoms with Gasteiger partial charge in [0.2, 0.25) is 0 Å². The van der Waals surface area contributed by atoms with Crippen LogP contribution in [0.5, 0.6) is 0 Å². The molecule has 134 valence electrons. The van der Waals surface area contributed by atoms with E-state index in [0.717, 1.165) is 19.3 Å². The molecule has 2 rings (SSSR count). The van der Waals surface area contributed by atoms with Crippen molar-refractivity contribution >= 4 is 5.78 Å². The molecule has 0 saturated carbocycles. The molecule has 0 aromatic heterocycles. The van der Waals surface area contributed by atoms with Crippen molar-refractivity contribution in [3.63, 3.8) is 0 Å². The Morgan fingerprint density at radius 2 is 2.17 bits per heavy atom. The van der Waals surface area contributed by atoms with Gasteiger partial charge in [0.25, 0.3) is 0 Å². The predicted octanol–water partition coefficient (Wildman–Crippen LogP) is 4.70. The number of rotatable bonds is 7. The second kappa shape index (κ2) is 7.37. The van der Waals surface area contributed by atoms with Crippen molar-refractivity contribution in [2.75, 3.05) is 13.9 Å². The third-order valence-corrected chi connectivity index (χ3v) is 6.00. The van der Waals surface area contributed by atoms with Crippen molar-refractivity contribution in [3.05, 3.63) is 36.5 Å². The Morgan fingerprint density at radius 3 is 2.79 bits per heavy atom. The fourth-order valence-corrected chi connectivity index (χ4v) is 4.15. The van der Waals surface area contributed by atoms with Gasteiger partial charge in [0, 0.05) is 13.0 Å². The largest absolute Gasteiger partial charge is 0.359 e. The molecule has 0 radical (unpaired) electrons. The highest BCUT2D eigenvalue weighted by Crippen LogP contribution is 2.49. The number of ketones is 1. The van der Waals surface area contributed by atoms with E-state index in [0.29, 0.717) is 5.92 Å². The van der Waals surface area contributed by atoms with Crippen molar-refractivity contribution in [1.29, 1.82) is 0 Å². The highest BCUT2D eigenvalue weighted by molar-refractivity contribution is 5.93. The zero-order valence-electron chi connectivity index (χ0n) is 15.8. The summed E-state index contributed by atoms with van der Waals surface area (Å²) in [4.78, 5) is 12.7. The van der Waals surface area contributed by atoms with E-state index < -0.39 is 5.60 Å². The van der Waals surface area contributed by atoms with Crippen molar-refractivity contribution < 1.29 is 14.3 Å². The minimum absolute atomic E-state index is 0.0717. The van der Waals surface area contributed by atoms with Crippen LogP contribution in [0.15, 0.2) is 36.5 Å². The van der Waals surface area contributed by atoms with Crippen LogP contribution in [0, 0.1) is 23.2 Å². The Bertz CT molecular complexity index is 543. The summed E-state index contributed by atoms with van der Waals surface area (Å²) in [5.74, 6) is 1.05. The van der Waals surface area contributed by atoms with E-state index >= 15 is 0 Å². The predicted molar refractivity (Wildman–Crippen MR) is 97.6 cm³/mol. The molecule has 0 saturated heterocycles. The lowest BCUT2D eigenvalue weighted by molar-refractivity contribution is -0.125. The third-order valence-electron chi connectivity index (χ3n) is 6.00. The fourth-order valence-electron chi connectivity index (χ4n) is 4.15. The van der Waals surface area contributed by atoms with Crippen LogP contribution in [0.25, 0.3) is 0 Å². The van der Waals surface area contributed by atoms with E-state index in [1.807, 2.05) is 13.0 Å². The molecule has 24 heavy (non-hydrogen) atoms. The molecule has 0 aromatic carbocycles. The number of fused-ring (bicyclic) bond motifs is 1. The molecule has 0 unspecified atom stereocenters. The molecular formula is C21H32O3. The molecule has 0 fully saturated rings. The number of methoxy groups -OCH3 is 1. The Hall–Kier alpha value is -1.19. The van der Waals surface area contributed by atoms with Crippen LogP contribution in [0.1, 0.15) is 47.0 Å². The van der Waals surface area contributed by atoms with Crippen molar-refractivity contribution in [2.24, 2.45) is 23.2 Å². The molecule has 4 atom stereocenters. The van der Waals surface area contributed by atoms with Gasteiger partial charge in [-0.3, -0.25) is 4.79 Å². The highest BCUT2D eigenvalue weighted by atomic mass is 16.7. The Balaban J connectivity index is 2.17. The van der Waals surface area contributed by atoms with Crippen LogP contribution < -0.4 is 0 Å². The first kappa shape index (κ1) is 19.1. The van der Waals surface area contributed by atoms with Crippen LogP contribution in [0.2, 0.25) is 0 Å². The second-order valence-electron chi connectivity index (χ2n) is 8.09. The van der Waals surface area contributed by atoms with E-state index in [4.69, 9.17) is 9.47 Å². The molecule has 0 N–H and O–H groups in total. The van der Waals surface area contributed by atoms with Gasteiger partial charge in [0.1, 0.15) is 6.79 Å². The molecule has 0 amide bonds. The molecule has 0 bridgehead atoms. The quantitative estimate of drug-likeness (QED) is 0.501. The molecule has 2 aliphatic carbocycles. The van der Waals surface area contributed by atoms with Gasteiger partial charge in [-0.1, -0.05) is 37.6 Å². The maximum absolute atomic E-state index is 12.7. The normalized spacial score (nSPS) is 31.1. The standard InChI is InChI=1S/C21H32O3/c1-7-21(5,24-14-23-6)13-10-16-15(2)8-9-17-19(16)18(22)11-12-20(17,3)4/h7-8,11-12,16-17,19H,1,9-10,13-14H2,2-6H3/t16-,17+,19+,21+/m0/s1. The van der Waals surface area contributed by atoms with Gasteiger partial charge in [0.05, 0.1) is 5.60 Å². The highest BCUT2D eigenvalue weighted by Gasteiger charge is 2.46. The summed E-state index contributed by atoms with van der Waals surface area (Å²) >= 11 is 0. The molecule has 0 heterocycles. The molecule has 0 aliphatic heterocycles. The summed E-state index contributed by atoms with van der Waals surface area (Å²) < 4.78 is 10.8. The van der Waals surface area contributed by atoms with Gasteiger partial charge in [-0.2, -0.15) is 0 Å². The van der Waals surface area contributed by atoms with E-state index in [1.54, 1.807) is 13.2 Å². The number of allylic oxidation sites excluding steroid dienone is 4. The van der Waals surface area contributed by atoms with Crippen molar-refractivity contribution in [2.45, 2.75) is 52.6 Å². The summed E-state index contributed by atoms with van der Waals surface area (Å²) in [5, 5.41) is 0. The zero-order chi connectivity index (χ0) is 18.0. The van der Waals surface area contributed by atoms with Gasteiger partial charge in [-0.15, -0.1) is 6.58 Å². The molecular weight excluding hydrogens is 300 g/mol. The number of carbonyl (C=O) groups excluding carboxylic acids is 1. The number of ether oxygens (including phenoxy) is 2. The summed E-state index contributed by atoms with van der Waals surface area (Å²) in [6.45, 7) is 12.9. The van der Waals surface area contributed by atoms with Gasteiger partial charge in [0.15, 0.2) is 5.78 Å². The van der Waals surface area contributed by atoms with E-state index in [-0.39, 0.29) is 29.8 Å². The molecule has 0 spiro atoms. The Labute approximate surface area is 146 Å². The number of hydrogen-bond acceptors (Lipinski definition) is 3. The van der Waals surface area contributed by atoms with Crippen LogP contribution >= 0.6 is 0 Å². The van der Waals surface area contributed by atoms with Crippen LogP contribution in [-0.2, 0) is 14.3 Å². The van der Waals surface area contributed by atoms with Gasteiger partial charge in [-0.25, -0.2) is 0 Å². The molecule has 0 aromatic rings. The Kier molecular flexibility index (Phi) is 5.87. The zero-order valence-corrected chi connectivity index (χ0v) is 15.8. The lowest BCUT2D eigenvalue weighted by Gasteiger charge is -2.46. The molecule has 3 nitrogen and oxygen atoms in total. The summed E-state index contributed by atoms with van der Waals surface area (Å²) in [6, 6.07) is 0. The van der Waals surface area contributed by atoms with E-state index in [9.17, 15) is 4.79 Å². The van der Waals surface area contributed by atoms with Crippen molar-refractivity contribution in [3.8, 4) is 0 Å². The number of carbonyl (C=O) groups is 1. The fraction of sp³-hybridized carbons (Fsp3) is 0.667. The van der Waals surface area contributed by atoms with Crippen LogP contribution in [0.3, 0.4) is 0 Å². The van der Waals surface area contributed by atoms with Gasteiger partial charge >= 0.3 is 0 Å². The summed E-state index contributed by atoms with van der Waals surface area (Å²) in [7, 11) is 1.62. The molecule has 3 heteroatoms.